The highest BCUT2D eigenvalue weighted by molar-refractivity contribution is 8.08. The summed E-state index contributed by atoms with van der Waals surface area (Å²) in [7, 11) is 0. The Bertz CT molecular complexity index is 209. The fraction of sp³-hybridized carbons (Fsp3) is 0.400. The Kier molecular flexibility index (Phi) is 7.47. The molecule has 0 aliphatic rings. The van der Waals surface area contributed by atoms with Gasteiger partial charge in [-0.3, -0.25) is 9.88 Å². The maximum Gasteiger partial charge on any atom is 0.287 e. The van der Waals surface area contributed by atoms with Gasteiger partial charge in [0.25, 0.3) is 6.64 Å². The Morgan fingerprint density at radius 1 is 1.92 bits per heavy atom. The van der Waals surface area contributed by atoms with Gasteiger partial charge in [0.05, 0.1) is 6.61 Å². The molecule has 0 saturated heterocycles. The van der Waals surface area contributed by atoms with E-state index in [1.807, 2.05) is 0 Å². The van der Waals surface area contributed by atoms with Gasteiger partial charge in [-0.2, -0.15) is 0 Å². The van der Waals surface area contributed by atoms with Crippen LogP contribution in [0.3, 0.4) is 0 Å². The van der Waals surface area contributed by atoms with Crippen molar-refractivity contribution in [3.05, 3.63) is 12.7 Å². The normalized spacial score (nSPS) is 13.8. The van der Waals surface area contributed by atoms with Gasteiger partial charge in [-0.25, -0.2) is 0 Å². The molecule has 12 heavy (non-hydrogen) atoms. The van der Waals surface area contributed by atoms with E-state index in [1.165, 1.54) is 13.0 Å². The summed E-state index contributed by atoms with van der Waals surface area (Å²) in [6, 6.07) is 0. The van der Waals surface area contributed by atoms with E-state index in [-0.39, 0.29) is 12.8 Å². The molecule has 5 N–H and O–H groups in total. The summed E-state index contributed by atoms with van der Waals surface area (Å²) in [5.74, 6) is -0.403. The highest BCUT2D eigenvalue weighted by atomic mass is 32.5. The Balaban J connectivity index is 0. The Morgan fingerprint density at radius 2 is 2.42 bits per heavy atom. The molecular weight excluding hydrogens is 199 g/mol. The first kappa shape index (κ1) is 14.3. The fourth-order valence-corrected chi connectivity index (χ4v) is 1.72. The average Bonchev–Trinajstić information content (AvgIpc) is 1.81. The van der Waals surface area contributed by atoms with Crippen LogP contribution in [0, 0.1) is 0 Å². The molecule has 0 rings (SSSR count). The van der Waals surface area contributed by atoms with E-state index in [0.29, 0.717) is 0 Å². The molecule has 0 heterocycles. The van der Waals surface area contributed by atoms with Gasteiger partial charge in [0, 0.05) is 6.92 Å². The highest BCUT2D eigenvalue weighted by Gasteiger charge is 2.13. The van der Waals surface area contributed by atoms with Crippen LogP contribution in [0.25, 0.3) is 0 Å². The van der Waals surface area contributed by atoms with E-state index in [2.05, 4.69) is 23.5 Å². The van der Waals surface area contributed by atoms with Crippen LogP contribution in [0.5, 0.6) is 0 Å². The Hall–Kier alpha value is -0.260. The minimum Gasteiger partial charge on any atom is -0.344 e. The highest BCUT2D eigenvalue weighted by Crippen LogP contribution is 2.36. The summed E-state index contributed by atoms with van der Waals surface area (Å²) >= 11 is 4.55. The van der Waals surface area contributed by atoms with Crippen LogP contribution >= 0.6 is 6.64 Å². The topological polar surface area (TPSA) is 93.6 Å². The van der Waals surface area contributed by atoms with Crippen molar-refractivity contribution >= 4 is 24.4 Å². The summed E-state index contributed by atoms with van der Waals surface area (Å²) in [5.41, 5.74) is 0. The maximum atomic E-state index is 10.4. The van der Waals surface area contributed by atoms with E-state index in [0.717, 1.165) is 0 Å². The molecule has 0 aliphatic heterocycles. The van der Waals surface area contributed by atoms with Gasteiger partial charge in [-0.05, 0) is 11.8 Å². The molecule has 7 heteroatoms. The van der Waals surface area contributed by atoms with Crippen molar-refractivity contribution < 1.29 is 14.2 Å². The zero-order valence-electron chi connectivity index (χ0n) is 6.82. The molecule has 1 amide bonds. The molecule has 0 aromatic carbocycles. The zero-order valence-corrected chi connectivity index (χ0v) is 8.53. The molecule has 0 aromatic heterocycles. The zero-order chi connectivity index (χ0) is 8.91. The summed E-state index contributed by atoms with van der Waals surface area (Å²) in [5, 5.41) is 2.13. The summed E-state index contributed by atoms with van der Waals surface area (Å²) in [4.78, 5) is 19.5. The van der Waals surface area contributed by atoms with E-state index in [1.54, 1.807) is 0 Å². The van der Waals surface area contributed by atoms with Crippen LogP contribution in [-0.4, -0.2) is 17.4 Å². The molecule has 0 radical (unpaired) electrons. The van der Waals surface area contributed by atoms with E-state index in [9.17, 15) is 4.79 Å². The van der Waals surface area contributed by atoms with Gasteiger partial charge in [-0.1, -0.05) is 6.08 Å². The van der Waals surface area contributed by atoms with Crippen molar-refractivity contribution in [1.29, 1.82) is 0 Å². The van der Waals surface area contributed by atoms with Gasteiger partial charge in [0.1, 0.15) is 0 Å². The van der Waals surface area contributed by atoms with Crippen molar-refractivity contribution in [2.75, 3.05) is 6.61 Å². The molecule has 72 valence electrons. The average molecular weight is 212 g/mol. The quantitative estimate of drug-likeness (QED) is 0.471. The summed E-state index contributed by atoms with van der Waals surface area (Å²) in [6.07, 6.45) is 1.44. The number of hydrogen-bond donors (Lipinski definition) is 3. The first-order valence-electron chi connectivity index (χ1n) is 2.85. The van der Waals surface area contributed by atoms with E-state index in [4.69, 9.17) is 9.42 Å². The lowest BCUT2D eigenvalue weighted by Crippen LogP contribution is -2.17. The van der Waals surface area contributed by atoms with Gasteiger partial charge >= 0.3 is 0 Å². The summed E-state index contributed by atoms with van der Waals surface area (Å²) < 4.78 is 4.72. The van der Waals surface area contributed by atoms with Crippen molar-refractivity contribution in [3.8, 4) is 0 Å². The molecular formula is C5H13N2O3PS. The molecule has 1 unspecified atom stereocenters. The number of amides is 1. The van der Waals surface area contributed by atoms with Crippen LogP contribution in [0.2, 0.25) is 0 Å². The third-order valence-electron chi connectivity index (χ3n) is 0.666. The van der Waals surface area contributed by atoms with Crippen molar-refractivity contribution in [1.82, 2.24) is 11.2 Å². The lowest BCUT2D eigenvalue weighted by atomic mass is 10.7. The smallest absolute Gasteiger partial charge is 0.287 e. The van der Waals surface area contributed by atoms with Gasteiger partial charge in [0.15, 0.2) is 0 Å². The number of nitrogens with one attached hydrogen (secondary N) is 1. The number of rotatable bonds is 4. The third kappa shape index (κ3) is 7.84. The lowest BCUT2D eigenvalue weighted by molar-refractivity contribution is -0.117. The van der Waals surface area contributed by atoms with Crippen LogP contribution < -0.4 is 11.2 Å². The Labute approximate surface area is 76.6 Å². The molecule has 0 saturated carbocycles. The number of carbonyl (C=O) groups excluding carboxylic acids is 1. The molecule has 0 aliphatic carbocycles. The largest absolute Gasteiger partial charge is 0.344 e. The first-order valence-corrected chi connectivity index (χ1v) is 5.52. The predicted molar refractivity (Wildman–Crippen MR) is 51.5 cm³/mol. The second-order valence-corrected chi connectivity index (χ2v) is 4.78. The van der Waals surface area contributed by atoms with Crippen LogP contribution in [-0.2, 0) is 21.1 Å². The van der Waals surface area contributed by atoms with Crippen molar-refractivity contribution in [3.63, 3.8) is 0 Å². The monoisotopic (exact) mass is 212 g/mol. The van der Waals surface area contributed by atoms with Crippen LogP contribution in [0.1, 0.15) is 6.92 Å². The number of hydrogen-bond acceptors (Lipinski definition) is 4. The third-order valence-corrected chi connectivity index (χ3v) is 2.35. The number of carbonyl (C=O) groups is 1. The van der Waals surface area contributed by atoms with Gasteiger partial charge < -0.3 is 15.6 Å². The minimum absolute atomic E-state index is 0. The maximum absolute atomic E-state index is 10.4. The van der Waals surface area contributed by atoms with Crippen molar-refractivity contribution in [2.24, 2.45) is 0 Å². The first-order chi connectivity index (χ1) is 4.98. The molecule has 0 spiro atoms. The van der Waals surface area contributed by atoms with E-state index >= 15 is 0 Å². The standard InChI is InChI=1S/C5H10NO3PS.H3N/c1-3-4-9-10(8,11)6-5(2)7;/h3H,1,4H2,2H3,(H2,6,7,8,11);1H3. The molecule has 0 bridgehead atoms. The second kappa shape index (κ2) is 6.28. The molecule has 1 atom stereocenters. The van der Waals surface area contributed by atoms with Crippen LogP contribution in [0.15, 0.2) is 12.7 Å². The molecule has 5 nitrogen and oxygen atoms in total. The Morgan fingerprint density at radius 3 is 2.75 bits per heavy atom. The van der Waals surface area contributed by atoms with Crippen molar-refractivity contribution in [2.45, 2.75) is 6.92 Å². The van der Waals surface area contributed by atoms with Gasteiger partial charge in [0.2, 0.25) is 5.91 Å². The van der Waals surface area contributed by atoms with Crippen LogP contribution in [0.4, 0.5) is 0 Å². The molecule has 0 fully saturated rings. The van der Waals surface area contributed by atoms with E-state index < -0.39 is 12.5 Å². The minimum atomic E-state index is -3.10. The lowest BCUT2D eigenvalue weighted by Gasteiger charge is -2.13. The molecule has 0 aromatic rings. The van der Waals surface area contributed by atoms with Gasteiger partial charge in [-0.15, -0.1) is 6.58 Å². The predicted octanol–water partition coefficient (Wildman–Crippen LogP) is 0.704. The second-order valence-electron chi connectivity index (χ2n) is 1.77. The fourth-order valence-electron chi connectivity index (χ4n) is 0.385. The summed E-state index contributed by atoms with van der Waals surface area (Å²) in [6.45, 7) is 1.65. The SMILES string of the molecule is C=CCOP(O)(=S)NC(C)=O.N.